The number of pyridine rings is 1. The fraction of sp³-hybridized carbons (Fsp3) is 0.217. The molecule has 1 N–H and O–H groups in total. The van der Waals surface area contributed by atoms with Crippen molar-refractivity contribution in [2.45, 2.75) is 6.54 Å². The number of nitrogens with zero attached hydrogens (tertiary/aromatic N) is 3. The molecule has 0 spiro atoms. The van der Waals surface area contributed by atoms with Crippen molar-refractivity contribution in [2.75, 3.05) is 32.1 Å². The molecule has 0 fully saturated rings. The Morgan fingerprint density at radius 1 is 0.929 bits per heavy atom. The first-order valence-electron chi connectivity index (χ1n) is 9.38. The zero-order chi connectivity index (χ0) is 19.8. The zero-order valence-corrected chi connectivity index (χ0v) is 16.4. The van der Waals surface area contributed by atoms with E-state index >= 15 is 0 Å². The van der Waals surface area contributed by atoms with E-state index in [9.17, 15) is 4.79 Å². The zero-order valence-electron chi connectivity index (χ0n) is 16.4. The van der Waals surface area contributed by atoms with Gasteiger partial charge in [0.1, 0.15) is 0 Å². The molecule has 3 rings (SSSR count). The monoisotopic (exact) mass is 374 g/mol. The Kier molecular flexibility index (Phi) is 6.76. The van der Waals surface area contributed by atoms with Crippen molar-refractivity contribution in [1.82, 2.24) is 15.2 Å². The van der Waals surface area contributed by atoms with Crippen LogP contribution >= 0.6 is 0 Å². The van der Waals surface area contributed by atoms with Gasteiger partial charge in [0.05, 0.1) is 17.4 Å². The third-order valence-electron chi connectivity index (χ3n) is 4.39. The second-order valence-corrected chi connectivity index (χ2v) is 6.90. The Bertz CT molecular complexity index is 881. The van der Waals surface area contributed by atoms with Crippen LogP contribution in [0.5, 0.6) is 0 Å². The van der Waals surface area contributed by atoms with Crippen molar-refractivity contribution in [3.63, 3.8) is 0 Å². The Morgan fingerprint density at radius 3 is 2.29 bits per heavy atom. The van der Waals surface area contributed by atoms with Gasteiger partial charge < -0.3 is 15.1 Å². The highest BCUT2D eigenvalue weighted by molar-refractivity contribution is 5.95. The average Bonchev–Trinajstić information content (AvgIpc) is 2.73. The summed E-state index contributed by atoms with van der Waals surface area (Å²) in [6, 6.07) is 22.3. The van der Waals surface area contributed by atoms with E-state index in [2.05, 4.69) is 39.5 Å². The van der Waals surface area contributed by atoms with Crippen LogP contribution in [0.15, 0.2) is 79.1 Å². The first kappa shape index (κ1) is 19.6. The standard InChI is InChI=1S/C23H26N4O/c1-26(2)14-13-25-23(28)20-15-22(17-24-16-20)27(21-11-7-4-8-12-21)18-19-9-5-3-6-10-19/h3-12,15-17H,13-14,18H2,1-2H3,(H,25,28). The number of benzene rings is 2. The SMILES string of the molecule is CN(C)CCNC(=O)c1cncc(N(Cc2ccccc2)c2ccccc2)c1. The summed E-state index contributed by atoms with van der Waals surface area (Å²) < 4.78 is 0. The fourth-order valence-corrected chi connectivity index (χ4v) is 2.90. The summed E-state index contributed by atoms with van der Waals surface area (Å²) in [5.41, 5.74) is 3.69. The molecule has 0 unspecified atom stereocenters. The molecule has 1 aromatic heterocycles. The number of anilines is 2. The van der Waals surface area contributed by atoms with Crippen LogP contribution in [-0.2, 0) is 6.54 Å². The quantitative estimate of drug-likeness (QED) is 0.653. The van der Waals surface area contributed by atoms with E-state index in [1.807, 2.05) is 61.5 Å². The van der Waals surface area contributed by atoms with Crippen molar-refractivity contribution < 1.29 is 4.79 Å². The lowest BCUT2D eigenvalue weighted by Crippen LogP contribution is -2.31. The molecule has 144 valence electrons. The van der Waals surface area contributed by atoms with Crippen LogP contribution in [0, 0.1) is 0 Å². The fourth-order valence-electron chi connectivity index (χ4n) is 2.90. The van der Waals surface area contributed by atoms with Crippen LogP contribution in [0.25, 0.3) is 0 Å². The number of para-hydroxylation sites is 1. The lowest BCUT2D eigenvalue weighted by molar-refractivity contribution is 0.0950. The molecule has 0 saturated heterocycles. The average molecular weight is 374 g/mol. The third-order valence-corrected chi connectivity index (χ3v) is 4.39. The Balaban J connectivity index is 1.85. The van der Waals surface area contributed by atoms with Crippen LogP contribution in [0.1, 0.15) is 15.9 Å². The number of hydrogen-bond donors (Lipinski definition) is 1. The Labute approximate surface area is 166 Å². The van der Waals surface area contributed by atoms with Crippen LogP contribution in [0.4, 0.5) is 11.4 Å². The number of amides is 1. The molecule has 5 heteroatoms. The van der Waals surface area contributed by atoms with Crippen molar-refractivity contribution in [1.29, 1.82) is 0 Å². The van der Waals surface area contributed by atoms with Gasteiger partial charge in [-0.25, -0.2) is 0 Å². The van der Waals surface area contributed by atoms with Crippen molar-refractivity contribution >= 4 is 17.3 Å². The minimum atomic E-state index is -0.107. The molecule has 3 aromatic rings. The van der Waals surface area contributed by atoms with Crippen molar-refractivity contribution in [3.8, 4) is 0 Å². The lowest BCUT2D eigenvalue weighted by Gasteiger charge is -2.25. The van der Waals surface area contributed by atoms with Gasteiger partial charge >= 0.3 is 0 Å². The molecule has 5 nitrogen and oxygen atoms in total. The van der Waals surface area contributed by atoms with Crippen LogP contribution < -0.4 is 10.2 Å². The Morgan fingerprint density at radius 2 is 1.61 bits per heavy atom. The largest absolute Gasteiger partial charge is 0.351 e. The van der Waals surface area contributed by atoms with E-state index in [0.29, 0.717) is 18.7 Å². The van der Waals surface area contributed by atoms with Gasteiger partial charge in [0, 0.05) is 31.5 Å². The van der Waals surface area contributed by atoms with E-state index in [4.69, 9.17) is 0 Å². The molecule has 0 aliphatic heterocycles. The van der Waals surface area contributed by atoms with Crippen molar-refractivity contribution in [2.24, 2.45) is 0 Å². The first-order chi connectivity index (χ1) is 13.6. The van der Waals surface area contributed by atoms with Gasteiger partial charge in [-0.15, -0.1) is 0 Å². The lowest BCUT2D eigenvalue weighted by atomic mass is 10.1. The van der Waals surface area contributed by atoms with Gasteiger partial charge in [0.25, 0.3) is 5.91 Å². The van der Waals surface area contributed by atoms with E-state index in [1.165, 1.54) is 5.56 Å². The normalized spacial score (nSPS) is 10.7. The molecule has 2 aromatic carbocycles. The minimum absolute atomic E-state index is 0.107. The van der Waals surface area contributed by atoms with Crippen LogP contribution in [0.2, 0.25) is 0 Å². The molecule has 0 radical (unpaired) electrons. The van der Waals surface area contributed by atoms with E-state index in [0.717, 1.165) is 17.9 Å². The van der Waals surface area contributed by atoms with Crippen LogP contribution in [0.3, 0.4) is 0 Å². The van der Waals surface area contributed by atoms with Gasteiger partial charge in [-0.2, -0.15) is 0 Å². The molecule has 0 aliphatic carbocycles. The van der Waals surface area contributed by atoms with Gasteiger partial charge in [-0.1, -0.05) is 48.5 Å². The second kappa shape index (κ2) is 9.67. The number of aromatic nitrogens is 1. The molecule has 0 saturated carbocycles. The highest BCUT2D eigenvalue weighted by Gasteiger charge is 2.13. The summed E-state index contributed by atoms with van der Waals surface area (Å²) in [6.07, 6.45) is 3.41. The summed E-state index contributed by atoms with van der Waals surface area (Å²) in [5.74, 6) is -0.107. The summed E-state index contributed by atoms with van der Waals surface area (Å²) in [7, 11) is 3.96. The second-order valence-electron chi connectivity index (χ2n) is 6.90. The maximum atomic E-state index is 12.5. The molecule has 28 heavy (non-hydrogen) atoms. The van der Waals surface area contributed by atoms with E-state index < -0.39 is 0 Å². The summed E-state index contributed by atoms with van der Waals surface area (Å²) >= 11 is 0. The maximum absolute atomic E-state index is 12.5. The third kappa shape index (κ3) is 5.41. The molecule has 0 aliphatic rings. The highest BCUT2D eigenvalue weighted by atomic mass is 16.1. The molecule has 0 bridgehead atoms. The number of rotatable bonds is 8. The van der Waals surface area contributed by atoms with Gasteiger partial charge in [-0.3, -0.25) is 9.78 Å². The molecule has 1 heterocycles. The maximum Gasteiger partial charge on any atom is 0.252 e. The van der Waals surface area contributed by atoms with E-state index in [-0.39, 0.29) is 5.91 Å². The molecular weight excluding hydrogens is 348 g/mol. The highest BCUT2D eigenvalue weighted by Crippen LogP contribution is 2.27. The number of carbonyl (C=O) groups excluding carboxylic acids is 1. The number of hydrogen-bond acceptors (Lipinski definition) is 4. The first-order valence-corrected chi connectivity index (χ1v) is 9.38. The van der Waals surface area contributed by atoms with Gasteiger partial charge in [0.15, 0.2) is 0 Å². The van der Waals surface area contributed by atoms with Crippen molar-refractivity contribution in [3.05, 3.63) is 90.3 Å². The van der Waals surface area contributed by atoms with Gasteiger partial charge in [0.2, 0.25) is 0 Å². The van der Waals surface area contributed by atoms with Gasteiger partial charge in [-0.05, 0) is 37.9 Å². The molecule has 0 atom stereocenters. The molecular formula is C23H26N4O. The smallest absolute Gasteiger partial charge is 0.252 e. The van der Waals surface area contributed by atoms with Crippen LogP contribution in [-0.4, -0.2) is 43.0 Å². The summed E-state index contributed by atoms with van der Waals surface area (Å²) in [4.78, 5) is 21.0. The number of nitrogens with one attached hydrogen (secondary N) is 1. The topological polar surface area (TPSA) is 48.5 Å². The van der Waals surface area contributed by atoms with E-state index in [1.54, 1.807) is 12.4 Å². The predicted molar refractivity (Wildman–Crippen MR) is 114 cm³/mol. The number of likely N-dealkylation sites (N-methyl/N-ethyl adjacent to an activating group) is 1. The minimum Gasteiger partial charge on any atom is -0.351 e. The Hall–Kier alpha value is -3.18. The predicted octanol–water partition coefficient (Wildman–Crippen LogP) is 3.71. The summed E-state index contributed by atoms with van der Waals surface area (Å²) in [6.45, 7) is 2.09. The summed E-state index contributed by atoms with van der Waals surface area (Å²) in [5, 5.41) is 2.95. The molecule has 1 amide bonds. The number of carbonyl (C=O) groups is 1.